The SMILES string of the molecule is CCOCCCNC(=NCC(O)c1ccncc1)NCCc1ccco1.I. The Morgan fingerprint density at radius 1 is 1.26 bits per heavy atom. The topological polar surface area (TPSA) is 91.9 Å². The summed E-state index contributed by atoms with van der Waals surface area (Å²) in [6.45, 7) is 5.12. The predicted octanol–water partition coefficient (Wildman–Crippen LogP) is 2.53. The Balaban J connectivity index is 0.00000364. The second-order valence-electron chi connectivity index (χ2n) is 5.72. The standard InChI is InChI=1S/C19H28N4O3.HI/c1-2-25-13-4-9-21-19(22-12-8-17-5-3-14-26-17)23-15-18(24)16-6-10-20-11-7-16;/h3,5-7,10-11,14,18,24H,2,4,8-9,12-13,15H2,1H3,(H2,21,22,23);1H. The van der Waals surface area contributed by atoms with Gasteiger partial charge in [0.1, 0.15) is 5.76 Å². The highest BCUT2D eigenvalue weighted by Crippen LogP contribution is 2.10. The summed E-state index contributed by atoms with van der Waals surface area (Å²) in [5, 5.41) is 16.8. The van der Waals surface area contributed by atoms with Crippen molar-refractivity contribution >= 4 is 29.9 Å². The molecule has 0 aliphatic heterocycles. The number of ether oxygens (including phenoxy) is 1. The summed E-state index contributed by atoms with van der Waals surface area (Å²) in [4.78, 5) is 8.45. The molecule has 0 saturated heterocycles. The molecule has 27 heavy (non-hydrogen) atoms. The number of nitrogens with zero attached hydrogens (tertiary/aromatic N) is 2. The molecule has 2 aromatic heterocycles. The van der Waals surface area contributed by atoms with Gasteiger partial charge in [-0.15, -0.1) is 24.0 Å². The van der Waals surface area contributed by atoms with E-state index in [2.05, 4.69) is 20.6 Å². The van der Waals surface area contributed by atoms with Crippen LogP contribution in [0.2, 0.25) is 0 Å². The van der Waals surface area contributed by atoms with Crippen LogP contribution in [0.15, 0.2) is 52.3 Å². The van der Waals surface area contributed by atoms with E-state index >= 15 is 0 Å². The highest BCUT2D eigenvalue weighted by molar-refractivity contribution is 14.0. The van der Waals surface area contributed by atoms with Crippen LogP contribution in [-0.2, 0) is 11.2 Å². The number of aliphatic hydroxyl groups is 1. The maximum atomic E-state index is 10.3. The molecule has 150 valence electrons. The summed E-state index contributed by atoms with van der Waals surface area (Å²) in [5.74, 6) is 1.59. The van der Waals surface area contributed by atoms with Crippen LogP contribution in [0.3, 0.4) is 0 Å². The van der Waals surface area contributed by atoms with Gasteiger partial charge >= 0.3 is 0 Å². The molecule has 0 radical (unpaired) electrons. The Morgan fingerprint density at radius 3 is 2.74 bits per heavy atom. The minimum Gasteiger partial charge on any atom is -0.469 e. The number of hydrogen-bond acceptors (Lipinski definition) is 5. The number of aromatic nitrogens is 1. The average molecular weight is 488 g/mol. The van der Waals surface area contributed by atoms with Gasteiger partial charge in [-0.05, 0) is 43.2 Å². The first-order valence-corrected chi connectivity index (χ1v) is 9.00. The van der Waals surface area contributed by atoms with Crippen molar-refractivity contribution in [1.82, 2.24) is 15.6 Å². The van der Waals surface area contributed by atoms with Crippen LogP contribution in [0.4, 0.5) is 0 Å². The fraction of sp³-hybridized carbons (Fsp3) is 0.474. The predicted molar refractivity (Wildman–Crippen MR) is 116 cm³/mol. The lowest BCUT2D eigenvalue weighted by Crippen LogP contribution is -2.39. The lowest BCUT2D eigenvalue weighted by molar-refractivity contribution is 0.145. The lowest BCUT2D eigenvalue weighted by atomic mass is 10.1. The number of aliphatic hydroxyl groups excluding tert-OH is 1. The minimum atomic E-state index is -0.662. The number of hydrogen-bond donors (Lipinski definition) is 3. The van der Waals surface area contributed by atoms with Gasteiger partial charge in [0.2, 0.25) is 0 Å². The molecule has 0 spiro atoms. The van der Waals surface area contributed by atoms with Crippen molar-refractivity contribution in [3.63, 3.8) is 0 Å². The molecule has 0 saturated carbocycles. The maximum Gasteiger partial charge on any atom is 0.191 e. The van der Waals surface area contributed by atoms with Crippen LogP contribution in [0.25, 0.3) is 0 Å². The van der Waals surface area contributed by atoms with E-state index in [1.165, 1.54) is 0 Å². The molecule has 0 aliphatic rings. The number of furan rings is 1. The Morgan fingerprint density at radius 2 is 2.04 bits per heavy atom. The molecular formula is C19H29IN4O3. The van der Waals surface area contributed by atoms with Crippen LogP contribution in [-0.4, -0.2) is 48.9 Å². The molecule has 8 heteroatoms. The number of halogens is 1. The second-order valence-corrected chi connectivity index (χ2v) is 5.72. The summed E-state index contributed by atoms with van der Waals surface area (Å²) < 4.78 is 10.7. The molecule has 0 aliphatic carbocycles. The number of pyridine rings is 1. The number of guanidine groups is 1. The Labute approximate surface area is 177 Å². The van der Waals surface area contributed by atoms with Gasteiger partial charge in [0.15, 0.2) is 5.96 Å². The summed E-state index contributed by atoms with van der Waals surface area (Å²) in [6.07, 6.45) is 5.98. The first-order valence-electron chi connectivity index (χ1n) is 9.00. The van der Waals surface area contributed by atoms with Crippen LogP contribution >= 0.6 is 24.0 Å². The monoisotopic (exact) mass is 488 g/mol. The second kappa shape index (κ2) is 14.4. The average Bonchev–Trinajstić information content (AvgIpc) is 3.19. The normalized spacial score (nSPS) is 12.3. The maximum absolute atomic E-state index is 10.3. The Kier molecular flexibility index (Phi) is 12.5. The lowest BCUT2D eigenvalue weighted by Gasteiger charge is -2.14. The largest absolute Gasteiger partial charge is 0.469 e. The van der Waals surface area contributed by atoms with Crippen molar-refractivity contribution in [2.24, 2.45) is 4.99 Å². The molecule has 2 aromatic rings. The molecule has 2 heterocycles. The molecular weight excluding hydrogens is 459 g/mol. The van der Waals surface area contributed by atoms with Crippen molar-refractivity contribution in [3.05, 3.63) is 54.2 Å². The summed E-state index contributed by atoms with van der Waals surface area (Å²) >= 11 is 0. The van der Waals surface area contributed by atoms with E-state index in [0.717, 1.165) is 37.3 Å². The van der Waals surface area contributed by atoms with E-state index in [-0.39, 0.29) is 30.5 Å². The zero-order chi connectivity index (χ0) is 18.5. The molecule has 2 rings (SSSR count). The summed E-state index contributed by atoms with van der Waals surface area (Å²) in [7, 11) is 0. The van der Waals surface area contributed by atoms with Crippen LogP contribution in [0, 0.1) is 0 Å². The van der Waals surface area contributed by atoms with E-state index < -0.39 is 6.10 Å². The molecule has 3 N–H and O–H groups in total. The van der Waals surface area contributed by atoms with Crippen molar-refractivity contribution in [3.8, 4) is 0 Å². The molecule has 0 fully saturated rings. The van der Waals surface area contributed by atoms with Crippen molar-refractivity contribution < 1.29 is 14.3 Å². The van der Waals surface area contributed by atoms with E-state index in [1.807, 2.05) is 19.1 Å². The number of aliphatic imine (C=N–C) groups is 1. The van der Waals surface area contributed by atoms with Gasteiger partial charge in [-0.25, -0.2) is 0 Å². The van der Waals surface area contributed by atoms with Gasteiger partial charge in [0.05, 0.1) is 18.9 Å². The van der Waals surface area contributed by atoms with E-state index in [9.17, 15) is 5.11 Å². The zero-order valence-corrected chi connectivity index (χ0v) is 18.0. The fourth-order valence-corrected chi connectivity index (χ4v) is 2.33. The molecule has 1 unspecified atom stereocenters. The highest BCUT2D eigenvalue weighted by atomic mass is 127. The highest BCUT2D eigenvalue weighted by Gasteiger charge is 2.07. The van der Waals surface area contributed by atoms with Gasteiger partial charge in [0, 0.05) is 45.1 Å². The van der Waals surface area contributed by atoms with Crippen LogP contribution in [0.5, 0.6) is 0 Å². The molecule has 0 aromatic carbocycles. The molecule has 0 amide bonds. The Hall–Kier alpha value is -1.65. The van der Waals surface area contributed by atoms with Crippen molar-refractivity contribution in [2.75, 3.05) is 32.8 Å². The third kappa shape index (κ3) is 9.73. The first-order chi connectivity index (χ1) is 12.8. The van der Waals surface area contributed by atoms with Gasteiger partial charge < -0.3 is 24.9 Å². The summed E-state index contributed by atoms with van der Waals surface area (Å²) in [5.41, 5.74) is 0.801. The van der Waals surface area contributed by atoms with Crippen LogP contribution in [0.1, 0.15) is 30.8 Å². The van der Waals surface area contributed by atoms with Gasteiger partial charge in [0.25, 0.3) is 0 Å². The number of nitrogens with one attached hydrogen (secondary N) is 2. The van der Waals surface area contributed by atoms with Crippen molar-refractivity contribution in [1.29, 1.82) is 0 Å². The quantitative estimate of drug-likeness (QED) is 0.195. The first kappa shape index (κ1) is 23.4. The molecule has 0 bridgehead atoms. The van der Waals surface area contributed by atoms with Gasteiger partial charge in [-0.2, -0.15) is 0 Å². The zero-order valence-electron chi connectivity index (χ0n) is 15.6. The third-order valence-electron chi connectivity index (χ3n) is 3.72. The fourth-order valence-electron chi connectivity index (χ4n) is 2.33. The summed E-state index contributed by atoms with van der Waals surface area (Å²) in [6, 6.07) is 7.40. The van der Waals surface area contributed by atoms with E-state index in [1.54, 1.807) is 30.8 Å². The third-order valence-corrected chi connectivity index (χ3v) is 3.72. The molecule has 1 atom stereocenters. The van der Waals surface area contributed by atoms with E-state index in [0.29, 0.717) is 19.1 Å². The smallest absolute Gasteiger partial charge is 0.191 e. The van der Waals surface area contributed by atoms with Crippen LogP contribution < -0.4 is 10.6 Å². The minimum absolute atomic E-state index is 0. The number of rotatable bonds is 11. The molecule has 7 nitrogen and oxygen atoms in total. The van der Waals surface area contributed by atoms with Crippen molar-refractivity contribution in [2.45, 2.75) is 25.9 Å². The van der Waals surface area contributed by atoms with Gasteiger partial charge in [-0.3, -0.25) is 9.98 Å². The van der Waals surface area contributed by atoms with Gasteiger partial charge in [-0.1, -0.05) is 0 Å². The van der Waals surface area contributed by atoms with E-state index in [4.69, 9.17) is 9.15 Å². The Bertz CT molecular complexity index is 623.